The number of hydrogen-bond acceptors (Lipinski definition) is 1. The van der Waals surface area contributed by atoms with Gasteiger partial charge in [0.05, 0.1) is 0 Å². The largest absolute Gasteiger partial charge is 0 e. The van der Waals surface area contributed by atoms with Crippen LogP contribution in [0.3, 0.4) is 0 Å². The molecule has 0 aliphatic rings. The molecule has 0 aliphatic heterocycles. The van der Waals surface area contributed by atoms with Gasteiger partial charge in [0, 0.05) is 22.4 Å². The van der Waals surface area contributed by atoms with Crippen molar-refractivity contribution in [3.63, 3.8) is 0 Å². The van der Waals surface area contributed by atoms with Gasteiger partial charge in [-0.15, -0.1) is 0 Å². The third kappa shape index (κ3) is 18.2. The van der Waals surface area contributed by atoms with Crippen LogP contribution in [-0.4, -0.2) is 49.8 Å². The molecule has 0 aromatic heterocycles. The van der Waals surface area contributed by atoms with Gasteiger partial charge in [0.1, 0.15) is 0 Å². The molecule has 0 spiro atoms. The summed E-state index contributed by atoms with van der Waals surface area (Å²) in [4.78, 5) is 0. The van der Waals surface area contributed by atoms with Crippen LogP contribution in [0.1, 0.15) is 0 Å². The minimum atomic E-state index is 0. The Balaban J connectivity index is -0.00000000167. The van der Waals surface area contributed by atoms with Crippen molar-refractivity contribution in [3.05, 3.63) is 0 Å². The Labute approximate surface area is 114 Å². The molecule has 0 aromatic rings. The van der Waals surface area contributed by atoms with E-state index >= 15 is 0 Å². The van der Waals surface area contributed by atoms with Crippen LogP contribution < -0.4 is 0 Å². The van der Waals surface area contributed by atoms with Gasteiger partial charge >= 0.3 is 94.8 Å². The second kappa shape index (κ2) is 25.2. The van der Waals surface area contributed by atoms with E-state index in [0.29, 0.717) is 0 Å². The topological polar surface area (TPSA) is 17.1 Å². The molecule has 0 amide bonds. The zero-order chi connectivity index (χ0) is 2.00. The summed E-state index contributed by atoms with van der Waals surface area (Å²) < 4.78 is 8.11. The summed E-state index contributed by atoms with van der Waals surface area (Å²) >= 11 is 1.44. The SMILES string of the molecule is [InH3].[O]=[Yb].[SnH2].[Ta]. The Morgan fingerprint density at radius 2 is 1.20 bits per heavy atom. The molecule has 0 aliphatic carbocycles. The maximum atomic E-state index is 8.11. The van der Waals surface area contributed by atoms with Crippen LogP contribution in [-0.2, 0) is 22.7 Å². The Kier molecular flexibility index (Phi) is 117. The first kappa shape index (κ1) is 23.3. The van der Waals surface area contributed by atoms with E-state index in [9.17, 15) is 0 Å². The van der Waals surface area contributed by atoms with Gasteiger partial charge in [-0.05, 0) is 0 Å². The summed E-state index contributed by atoms with van der Waals surface area (Å²) in [5.41, 5.74) is 0. The Bertz CT molecular complexity index is 11.6. The summed E-state index contributed by atoms with van der Waals surface area (Å²) in [7, 11) is 0. The first-order valence-corrected chi connectivity index (χ1v) is 0.809. The van der Waals surface area contributed by atoms with Crippen molar-refractivity contribution < 1.29 is 67.5 Å². The molecule has 0 heterocycles. The minimum absolute atomic E-state index is 0. The van der Waals surface area contributed by atoms with Gasteiger partial charge in [-0.1, -0.05) is 0 Å². The van der Waals surface area contributed by atoms with Crippen molar-refractivity contribution in [2.45, 2.75) is 0 Å². The van der Waals surface area contributed by atoms with E-state index in [0.717, 1.165) is 0 Å². The van der Waals surface area contributed by atoms with E-state index < -0.39 is 0 Å². The summed E-state index contributed by atoms with van der Waals surface area (Å²) in [5, 5.41) is 0. The maximum absolute atomic E-state index is 8.11. The predicted octanol–water partition coefficient (Wildman–Crippen LogP) is -2.22. The standard InChI is InChI=1S/In.O.Sn.Ta.Yb.5H. The summed E-state index contributed by atoms with van der Waals surface area (Å²) in [6.07, 6.45) is 0. The third-order valence-corrected chi connectivity index (χ3v) is 0. The Hall–Kier alpha value is 3.73. The Morgan fingerprint density at radius 1 is 1.20 bits per heavy atom. The zero-order valence-corrected chi connectivity index (χ0v) is 10.8. The van der Waals surface area contributed by atoms with Gasteiger partial charge in [-0.2, -0.15) is 0 Å². The predicted molar refractivity (Wildman–Crippen MR) is 19.2 cm³/mol. The van der Waals surface area contributed by atoms with Gasteiger partial charge in [-0.3, -0.25) is 0 Å². The molecule has 0 rings (SSSR count). The molecule has 0 saturated carbocycles. The van der Waals surface area contributed by atoms with Gasteiger partial charge in [-0.25, -0.2) is 0 Å². The zero-order valence-electron chi connectivity index (χ0n) is 1.83. The first-order chi connectivity index (χ1) is 1.00. The smallest absolute Gasteiger partial charge is 0 e. The average Bonchev–Trinajstić information content (AvgIpc) is 1.00. The summed E-state index contributed by atoms with van der Waals surface area (Å²) in [6, 6.07) is 0. The summed E-state index contributed by atoms with van der Waals surface area (Å²) in [5.74, 6) is 0. The van der Waals surface area contributed by atoms with Crippen molar-refractivity contribution in [1.82, 2.24) is 0 Å². The first-order valence-electron chi connectivity index (χ1n) is 0.109. The van der Waals surface area contributed by atoms with E-state index in [1.165, 1.54) is 44.8 Å². The van der Waals surface area contributed by atoms with Gasteiger partial charge in [0.2, 0.25) is 0 Å². The molecular formula is H5InOSnTaYb. The molecule has 0 aromatic carbocycles. The molecule has 1 nitrogen and oxygen atoms in total. The second-order valence-corrected chi connectivity index (χ2v) is 0. The Morgan fingerprint density at radius 3 is 1.20 bits per heavy atom. The maximum Gasteiger partial charge on any atom is 0 e. The molecule has 0 N–H and O–H groups in total. The van der Waals surface area contributed by atoms with E-state index in [1.54, 1.807) is 0 Å². The fourth-order valence-corrected chi connectivity index (χ4v) is 0. The van der Waals surface area contributed by atoms with Crippen molar-refractivity contribution >= 4 is 49.8 Å². The fourth-order valence-electron chi connectivity index (χ4n) is 0. The molecule has 3 radical (unpaired) electrons. The van der Waals surface area contributed by atoms with E-state index in [4.69, 9.17) is 0.288 Å². The molecule has 0 atom stereocenters. The van der Waals surface area contributed by atoms with Crippen LogP contribution >= 0.6 is 0 Å². The van der Waals surface area contributed by atoms with Gasteiger partial charge < -0.3 is 0 Å². The molecule has 0 saturated heterocycles. The molecule has 0 bridgehead atoms. The molecule has 5 heavy (non-hydrogen) atoms. The van der Waals surface area contributed by atoms with Crippen molar-refractivity contribution in [1.29, 1.82) is 0 Å². The molecule has 0 fully saturated rings. The van der Waals surface area contributed by atoms with Crippen LogP contribution in [0.5, 0.6) is 0 Å². The quantitative estimate of drug-likeness (QED) is 0.285. The second-order valence-electron chi connectivity index (χ2n) is 0. The van der Waals surface area contributed by atoms with Gasteiger partial charge in [0.15, 0.2) is 0 Å². The van der Waals surface area contributed by atoms with E-state index in [1.807, 2.05) is 0 Å². The normalized spacial score (nSPS) is 1.20. The van der Waals surface area contributed by atoms with Crippen LogP contribution in [0.4, 0.5) is 0 Å². The van der Waals surface area contributed by atoms with Crippen molar-refractivity contribution in [2.75, 3.05) is 0 Å². The summed E-state index contributed by atoms with van der Waals surface area (Å²) in [6.45, 7) is 0. The van der Waals surface area contributed by atoms with Crippen molar-refractivity contribution in [3.8, 4) is 0 Å². The fraction of sp³-hybridized carbons (Fsp3) is 0. The van der Waals surface area contributed by atoms with Crippen LogP contribution in [0.2, 0.25) is 0 Å². The van der Waals surface area contributed by atoms with Crippen molar-refractivity contribution in [2.24, 2.45) is 0 Å². The van der Waals surface area contributed by atoms with Crippen LogP contribution in [0.25, 0.3) is 0 Å². The molecular weight excluding hydrogens is 604 g/mol. The average molecular weight is 609 g/mol. The van der Waals surface area contributed by atoms with E-state index in [-0.39, 0.29) is 72.1 Å². The number of rotatable bonds is 0. The molecule has 0 unspecified atom stereocenters. The number of hydrogen-bond donors (Lipinski definition) is 0. The third-order valence-electron chi connectivity index (χ3n) is 0. The molecule has 5 heteroatoms. The van der Waals surface area contributed by atoms with Crippen LogP contribution in [0.15, 0.2) is 0 Å². The monoisotopic (exact) mass is 611 g/mol. The van der Waals surface area contributed by atoms with E-state index in [2.05, 4.69) is 0 Å². The van der Waals surface area contributed by atoms with Crippen LogP contribution in [0, 0.1) is 44.8 Å². The molecule has 37 valence electrons. The van der Waals surface area contributed by atoms with Gasteiger partial charge in [0.25, 0.3) is 0 Å². The minimum Gasteiger partial charge on any atom is 0 e.